The second kappa shape index (κ2) is 7.64. The number of carbonyl (C=O) groups is 2. The van der Waals surface area contributed by atoms with Crippen molar-refractivity contribution in [3.63, 3.8) is 0 Å². The Morgan fingerprint density at radius 2 is 1.12 bits per heavy atom. The van der Waals surface area contributed by atoms with E-state index in [4.69, 9.17) is 10.2 Å². The van der Waals surface area contributed by atoms with Gasteiger partial charge in [-0.15, -0.1) is 0 Å². The van der Waals surface area contributed by atoms with Gasteiger partial charge in [-0.3, -0.25) is 9.59 Å². The molecule has 2 atom stereocenters. The van der Waals surface area contributed by atoms with Crippen LogP contribution < -0.4 is 10.6 Å². The Balaban J connectivity index is 2.40. The molecule has 2 aromatic carbocycles. The summed E-state index contributed by atoms with van der Waals surface area (Å²) < 4.78 is 0. The fourth-order valence-corrected chi connectivity index (χ4v) is 2.31. The van der Waals surface area contributed by atoms with Gasteiger partial charge >= 0.3 is 11.9 Å². The molecule has 0 aliphatic heterocycles. The Kier molecular flexibility index (Phi) is 5.56. The minimum atomic E-state index is -1.03. The molecule has 0 spiro atoms. The zero-order chi connectivity index (χ0) is 19.4. The molecular weight excluding hydrogens is 340 g/mol. The maximum absolute atomic E-state index is 11.0. The van der Waals surface area contributed by atoms with Crippen LogP contribution in [-0.4, -0.2) is 44.4 Å². The third-order valence-electron chi connectivity index (χ3n) is 3.79. The van der Waals surface area contributed by atoms with E-state index >= 15 is 0 Å². The maximum atomic E-state index is 11.0. The second-order valence-electron chi connectivity index (χ2n) is 5.87. The zero-order valence-corrected chi connectivity index (χ0v) is 14.2. The highest BCUT2D eigenvalue weighted by Gasteiger charge is 2.16. The van der Waals surface area contributed by atoms with Crippen molar-refractivity contribution in [3.05, 3.63) is 36.4 Å². The van der Waals surface area contributed by atoms with Crippen molar-refractivity contribution in [2.45, 2.75) is 25.9 Å². The van der Waals surface area contributed by atoms with Crippen molar-refractivity contribution in [1.29, 1.82) is 0 Å². The lowest BCUT2D eigenvalue weighted by atomic mass is 10.0. The van der Waals surface area contributed by atoms with Gasteiger partial charge in [-0.25, -0.2) is 0 Å². The summed E-state index contributed by atoms with van der Waals surface area (Å²) in [5, 5.41) is 43.8. The molecule has 6 N–H and O–H groups in total. The molecule has 0 aliphatic carbocycles. The Morgan fingerprint density at radius 1 is 0.769 bits per heavy atom. The highest BCUT2D eigenvalue weighted by atomic mass is 16.4. The number of anilines is 2. The van der Waals surface area contributed by atoms with Crippen LogP contribution in [0.1, 0.15) is 13.8 Å². The first-order chi connectivity index (χ1) is 12.2. The lowest BCUT2D eigenvalue weighted by molar-refractivity contribution is -0.138. The van der Waals surface area contributed by atoms with Crippen molar-refractivity contribution in [3.8, 4) is 22.6 Å². The molecule has 2 aromatic rings. The molecule has 0 bridgehead atoms. The SMILES string of the molecule is C[C@H](Nc1ccc(O)c(-c2cc(N[C@@H](C)C(=O)O)ccc2O)c1)C(=O)O. The van der Waals surface area contributed by atoms with Gasteiger partial charge < -0.3 is 31.1 Å². The van der Waals surface area contributed by atoms with Gasteiger partial charge in [-0.05, 0) is 50.2 Å². The summed E-state index contributed by atoms with van der Waals surface area (Å²) in [6.07, 6.45) is 0. The van der Waals surface area contributed by atoms with Crippen LogP contribution in [0.15, 0.2) is 36.4 Å². The number of rotatable bonds is 7. The van der Waals surface area contributed by atoms with Crippen molar-refractivity contribution in [2.24, 2.45) is 0 Å². The molecule has 0 unspecified atom stereocenters. The maximum Gasteiger partial charge on any atom is 0.325 e. The first-order valence-electron chi connectivity index (χ1n) is 7.84. The van der Waals surface area contributed by atoms with E-state index in [9.17, 15) is 19.8 Å². The molecule has 0 aromatic heterocycles. The fraction of sp³-hybridized carbons (Fsp3) is 0.222. The number of phenolic OH excluding ortho intramolecular Hbond substituents is 2. The van der Waals surface area contributed by atoms with Crippen LogP contribution >= 0.6 is 0 Å². The normalized spacial score (nSPS) is 12.8. The van der Waals surface area contributed by atoms with Crippen LogP contribution in [0.4, 0.5) is 11.4 Å². The Morgan fingerprint density at radius 3 is 1.42 bits per heavy atom. The van der Waals surface area contributed by atoms with E-state index in [0.717, 1.165) is 0 Å². The molecule has 0 amide bonds. The van der Waals surface area contributed by atoms with Crippen molar-refractivity contribution in [2.75, 3.05) is 10.6 Å². The largest absolute Gasteiger partial charge is 0.507 e. The number of nitrogens with one attached hydrogen (secondary N) is 2. The fourth-order valence-electron chi connectivity index (χ4n) is 2.31. The van der Waals surface area contributed by atoms with E-state index in [0.29, 0.717) is 11.4 Å². The molecule has 26 heavy (non-hydrogen) atoms. The summed E-state index contributed by atoms with van der Waals surface area (Å²) >= 11 is 0. The summed E-state index contributed by atoms with van der Waals surface area (Å²) in [4.78, 5) is 21.9. The van der Waals surface area contributed by atoms with E-state index < -0.39 is 24.0 Å². The Labute approximate surface area is 149 Å². The molecule has 8 nitrogen and oxygen atoms in total. The van der Waals surface area contributed by atoms with Gasteiger partial charge in [0.15, 0.2) is 0 Å². The van der Waals surface area contributed by atoms with Crippen LogP contribution in [0.25, 0.3) is 11.1 Å². The van der Waals surface area contributed by atoms with E-state index in [2.05, 4.69) is 10.6 Å². The topological polar surface area (TPSA) is 139 Å². The molecule has 0 saturated heterocycles. The van der Waals surface area contributed by atoms with E-state index in [1.807, 2.05) is 0 Å². The molecule has 138 valence electrons. The minimum Gasteiger partial charge on any atom is -0.507 e. The van der Waals surface area contributed by atoms with Crippen molar-refractivity contribution in [1.82, 2.24) is 0 Å². The van der Waals surface area contributed by atoms with Crippen LogP contribution in [-0.2, 0) is 9.59 Å². The molecule has 2 rings (SSSR count). The summed E-state index contributed by atoms with van der Waals surface area (Å²) in [5.74, 6) is -2.29. The van der Waals surface area contributed by atoms with Crippen LogP contribution in [0.3, 0.4) is 0 Å². The van der Waals surface area contributed by atoms with E-state index in [1.165, 1.54) is 50.2 Å². The van der Waals surface area contributed by atoms with Crippen LogP contribution in [0.5, 0.6) is 11.5 Å². The third-order valence-corrected chi connectivity index (χ3v) is 3.79. The standard InChI is InChI=1S/C18H20N2O6/c1-9(17(23)24)19-11-3-5-15(21)13(7-11)14-8-12(4-6-16(14)22)20-10(2)18(25)26/h3-10,19-22H,1-2H3,(H,23,24)(H,25,26)/t9-,10-/m0/s1. The quantitative estimate of drug-likeness (QED) is 0.414. The molecule has 0 saturated carbocycles. The number of hydrogen-bond acceptors (Lipinski definition) is 6. The molecular formula is C18H20N2O6. The van der Waals surface area contributed by atoms with E-state index in [1.54, 1.807) is 0 Å². The van der Waals surface area contributed by atoms with Gasteiger partial charge in [0, 0.05) is 22.5 Å². The van der Waals surface area contributed by atoms with Gasteiger partial charge in [0.25, 0.3) is 0 Å². The predicted octanol–water partition coefficient (Wildman–Crippen LogP) is 2.53. The van der Waals surface area contributed by atoms with Gasteiger partial charge in [0.2, 0.25) is 0 Å². The van der Waals surface area contributed by atoms with Gasteiger partial charge in [0.05, 0.1) is 0 Å². The number of carboxylic acid groups (broad SMARTS) is 2. The number of aromatic hydroxyl groups is 2. The Bertz CT molecular complexity index is 767. The second-order valence-corrected chi connectivity index (χ2v) is 5.87. The number of aliphatic carboxylic acids is 2. The Hall–Kier alpha value is -3.42. The number of carboxylic acids is 2. The first-order valence-corrected chi connectivity index (χ1v) is 7.84. The number of hydrogen-bond donors (Lipinski definition) is 6. The van der Waals surface area contributed by atoms with Crippen molar-refractivity contribution < 1.29 is 30.0 Å². The van der Waals surface area contributed by atoms with Crippen molar-refractivity contribution >= 4 is 23.3 Å². The number of benzene rings is 2. The highest BCUT2D eigenvalue weighted by molar-refractivity contribution is 5.83. The summed E-state index contributed by atoms with van der Waals surface area (Å²) in [7, 11) is 0. The predicted molar refractivity (Wildman–Crippen MR) is 96.6 cm³/mol. The van der Waals surface area contributed by atoms with Crippen LogP contribution in [0, 0.1) is 0 Å². The lowest BCUT2D eigenvalue weighted by Crippen LogP contribution is -2.25. The first kappa shape index (κ1) is 18.9. The lowest BCUT2D eigenvalue weighted by Gasteiger charge is -2.16. The summed E-state index contributed by atoms with van der Waals surface area (Å²) in [5.41, 5.74) is 1.45. The van der Waals surface area contributed by atoms with Gasteiger partial charge in [-0.1, -0.05) is 0 Å². The molecule has 0 aliphatic rings. The number of phenols is 2. The van der Waals surface area contributed by atoms with Crippen LogP contribution in [0.2, 0.25) is 0 Å². The summed E-state index contributed by atoms with van der Waals surface area (Å²) in [6, 6.07) is 7.13. The molecule has 0 heterocycles. The highest BCUT2D eigenvalue weighted by Crippen LogP contribution is 2.38. The molecule has 0 radical (unpaired) electrons. The minimum absolute atomic E-state index is 0.114. The average molecular weight is 360 g/mol. The monoisotopic (exact) mass is 360 g/mol. The van der Waals surface area contributed by atoms with Gasteiger partial charge in [-0.2, -0.15) is 0 Å². The average Bonchev–Trinajstić information content (AvgIpc) is 2.58. The molecule has 8 heteroatoms. The third kappa shape index (κ3) is 4.35. The zero-order valence-electron chi connectivity index (χ0n) is 14.2. The van der Waals surface area contributed by atoms with Gasteiger partial charge in [0.1, 0.15) is 23.6 Å². The molecule has 0 fully saturated rings. The summed E-state index contributed by atoms with van der Waals surface area (Å²) in [6.45, 7) is 2.95. The van der Waals surface area contributed by atoms with E-state index in [-0.39, 0.29) is 22.6 Å². The smallest absolute Gasteiger partial charge is 0.325 e.